The molecule has 2 aliphatic heterocycles. The predicted molar refractivity (Wildman–Crippen MR) is 313 cm³/mol. The van der Waals surface area contributed by atoms with Crippen LogP contribution in [-0.4, -0.2) is 139 Å². The number of hydrogen-bond donors (Lipinski definition) is 5. The van der Waals surface area contributed by atoms with Gasteiger partial charge in [0.15, 0.2) is 0 Å². The molecular formula is C60H84N10O8S2. The quantitative estimate of drug-likeness (QED) is 0.0345. The molecule has 2 aromatic carbocycles. The largest absolute Gasteiger partial charge is 0.393 e. The molecule has 0 spiro atoms. The van der Waals surface area contributed by atoms with Crippen molar-refractivity contribution >= 4 is 62.0 Å². The lowest BCUT2D eigenvalue weighted by Crippen LogP contribution is -2.57. The summed E-state index contributed by atoms with van der Waals surface area (Å²) >= 11 is 1.58. The van der Waals surface area contributed by atoms with Gasteiger partial charge < -0.3 is 40.5 Å². The summed E-state index contributed by atoms with van der Waals surface area (Å²) in [6.07, 6.45) is 16.1. The molecule has 80 heavy (non-hydrogen) atoms. The molecule has 5 heterocycles. The normalized spacial score (nSPS) is 19.5. The number of piperazine rings is 1. The predicted octanol–water partition coefficient (Wildman–Crippen LogP) is 8.76. The molecule has 4 amide bonds. The van der Waals surface area contributed by atoms with Gasteiger partial charge in [0.25, 0.3) is 0 Å². The van der Waals surface area contributed by atoms with Crippen molar-refractivity contribution in [1.82, 2.24) is 44.3 Å². The average Bonchev–Trinajstić information content (AvgIpc) is 4.19. The van der Waals surface area contributed by atoms with E-state index in [0.717, 1.165) is 134 Å². The summed E-state index contributed by atoms with van der Waals surface area (Å²) in [6.45, 7) is 12.0. The topological polar surface area (TPSA) is 232 Å². The number of carbonyl (C=O) groups excluding carboxylic acids is 4. The average molecular weight is 1140 g/mol. The Hall–Kier alpha value is -5.80. The van der Waals surface area contributed by atoms with Crippen LogP contribution in [0.15, 0.2) is 71.3 Å². The summed E-state index contributed by atoms with van der Waals surface area (Å²) < 4.78 is 31.4. The lowest BCUT2D eigenvalue weighted by Gasteiger charge is -2.35. The van der Waals surface area contributed by atoms with Gasteiger partial charge in [-0.1, -0.05) is 109 Å². The minimum Gasteiger partial charge on any atom is -0.393 e. The molecule has 5 N–H and O–H groups in total. The fourth-order valence-corrected chi connectivity index (χ4v) is 13.5. The van der Waals surface area contributed by atoms with E-state index in [2.05, 4.69) is 43.6 Å². The Morgan fingerprint density at radius 1 is 0.800 bits per heavy atom. The summed E-state index contributed by atoms with van der Waals surface area (Å²) in [5, 5.41) is 31.0. The highest BCUT2D eigenvalue weighted by Crippen LogP contribution is 2.38. The zero-order valence-electron chi connectivity index (χ0n) is 47.5. The van der Waals surface area contributed by atoms with E-state index >= 15 is 0 Å². The fraction of sp³-hybridized carbons (Fsp3) is 0.583. The highest BCUT2D eigenvalue weighted by atomic mass is 32.2. The lowest BCUT2D eigenvalue weighted by atomic mass is 9.85. The highest BCUT2D eigenvalue weighted by molar-refractivity contribution is 7.89. The van der Waals surface area contributed by atoms with Crippen molar-refractivity contribution in [2.24, 2.45) is 5.41 Å². The van der Waals surface area contributed by atoms with Crippen LogP contribution >= 0.6 is 11.3 Å². The maximum atomic E-state index is 14.1. The maximum Gasteiger partial charge on any atom is 0.246 e. The molecule has 3 aromatic heterocycles. The number of aromatic nitrogens is 4. The van der Waals surface area contributed by atoms with Crippen molar-refractivity contribution in [3.8, 4) is 21.6 Å². The van der Waals surface area contributed by atoms with E-state index in [4.69, 9.17) is 4.98 Å². The number of anilines is 1. The van der Waals surface area contributed by atoms with Gasteiger partial charge in [0, 0.05) is 94.5 Å². The molecule has 5 aromatic rings. The summed E-state index contributed by atoms with van der Waals surface area (Å²) in [7, 11) is -3.78. The Labute approximate surface area is 476 Å². The van der Waals surface area contributed by atoms with Crippen molar-refractivity contribution < 1.29 is 37.8 Å². The van der Waals surface area contributed by atoms with Gasteiger partial charge in [-0.25, -0.2) is 18.4 Å². The first-order valence-corrected chi connectivity index (χ1v) is 31.5. The molecule has 3 aliphatic rings. The number of amides is 4. The molecule has 2 saturated heterocycles. The van der Waals surface area contributed by atoms with Gasteiger partial charge in [-0.3, -0.25) is 19.2 Å². The van der Waals surface area contributed by atoms with Gasteiger partial charge in [-0.05, 0) is 86.1 Å². The molecule has 1 saturated carbocycles. The number of aliphatic hydroxyl groups is 2. The Kier molecular flexibility index (Phi) is 20.9. The number of likely N-dealkylation sites (tertiary alicyclic amines) is 1. The van der Waals surface area contributed by atoms with Crippen LogP contribution in [0.4, 0.5) is 5.95 Å². The number of nitrogens with one attached hydrogen (secondary N) is 3. The first-order valence-electron chi connectivity index (χ1n) is 29.1. The molecule has 434 valence electrons. The third kappa shape index (κ3) is 15.4. The van der Waals surface area contributed by atoms with Crippen LogP contribution in [0.2, 0.25) is 0 Å². The molecule has 0 bridgehead atoms. The number of benzene rings is 2. The number of hydrogen-bond acceptors (Lipinski definition) is 13. The molecule has 0 unspecified atom stereocenters. The summed E-state index contributed by atoms with van der Waals surface area (Å²) in [4.78, 5) is 72.4. The molecular weight excluding hydrogens is 1050 g/mol. The van der Waals surface area contributed by atoms with Crippen molar-refractivity contribution in [3.63, 3.8) is 0 Å². The van der Waals surface area contributed by atoms with E-state index in [1.54, 1.807) is 28.4 Å². The highest BCUT2D eigenvalue weighted by Gasteiger charge is 2.44. The van der Waals surface area contributed by atoms with E-state index in [9.17, 15) is 37.8 Å². The minimum absolute atomic E-state index is 0.0171. The van der Waals surface area contributed by atoms with Crippen molar-refractivity contribution in [2.75, 3.05) is 44.6 Å². The third-order valence-electron chi connectivity index (χ3n) is 16.1. The van der Waals surface area contributed by atoms with Gasteiger partial charge in [-0.2, -0.15) is 9.29 Å². The van der Waals surface area contributed by atoms with Crippen LogP contribution in [0.25, 0.3) is 32.6 Å². The van der Waals surface area contributed by atoms with E-state index in [-0.39, 0.29) is 79.7 Å². The van der Waals surface area contributed by atoms with Crippen molar-refractivity contribution in [3.05, 3.63) is 77.7 Å². The van der Waals surface area contributed by atoms with Crippen molar-refractivity contribution in [2.45, 2.75) is 186 Å². The van der Waals surface area contributed by atoms with Crippen LogP contribution in [0.1, 0.15) is 154 Å². The first kappa shape index (κ1) is 60.3. The number of fused-ring (bicyclic) bond motifs is 1. The van der Waals surface area contributed by atoms with Crippen molar-refractivity contribution in [1.29, 1.82) is 0 Å². The first-order chi connectivity index (χ1) is 38.4. The molecule has 1 aliphatic carbocycles. The number of aryl methyl sites for hydroxylation is 1. The minimum atomic E-state index is -3.78. The van der Waals surface area contributed by atoms with E-state index < -0.39 is 33.6 Å². The number of aliphatic hydroxyl groups excluding tert-OH is 2. The van der Waals surface area contributed by atoms with Crippen LogP contribution in [0, 0.1) is 12.3 Å². The smallest absolute Gasteiger partial charge is 0.246 e. The van der Waals surface area contributed by atoms with Crippen LogP contribution in [0.3, 0.4) is 0 Å². The third-order valence-corrected chi connectivity index (χ3v) is 19.0. The zero-order valence-corrected chi connectivity index (χ0v) is 49.1. The van der Waals surface area contributed by atoms with Crippen LogP contribution < -0.4 is 16.0 Å². The molecule has 20 heteroatoms. The van der Waals surface area contributed by atoms with Gasteiger partial charge in [0.2, 0.25) is 39.6 Å². The Balaban J connectivity index is 0.707. The van der Waals surface area contributed by atoms with Gasteiger partial charge in [-0.15, -0.1) is 11.3 Å². The molecule has 3 fully saturated rings. The molecule has 3 atom stereocenters. The molecule has 0 radical (unpaired) electrons. The van der Waals surface area contributed by atoms with E-state index in [0.29, 0.717) is 31.9 Å². The second-order valence-corrected chi connectivity index (χ2v) is 26.0. The molecule has 8 rings (SSSR count). The van der Waals surface area contributed by atoms with Crippen LogP contribution in [-0.2, 0) is 35.7 Å². The molecule has 18 nitrogen and oxygen atoms in total. The monoisotopic (exact) mass is 1140 g/mol. The number of sulfonamides is 1. The van der Waals surface area contributed by atoms with Crippen LogP contribution in [0.5, 0.6) is 0 Å². The Morgan fingerprint density at radius 3 is 2.09 bits per heavy atom. The standard InChI is InChI=1S/C60H84N10O8S2/c1-6-7-30-61-59-63-37-49-50(39-69(56(49)66-59)45-24-26-46(71)27-25-45)43-22-28-48(29-23-43)80(77,78)68-33-31-67(32-34-68)53(74)17-15-13-11-9-8-10-12-14-16-52(73)65-55(60(3,4)5)58(76)70-38-47(72)35-51(70)57(75)62-36-42-18-20-44(21-19-42)54-41(2)64-40-79-54/h18-23,28-29,37,39-40,45-47,51,55,71-72H,6-17,24-27,30-36,38H2,1-5H3,(H,62,75)(H,65,73)(H,61,63,66)/t45?,46?,47-,51+,55-/m1/s1. The Morgan fingerprint density at radius 2 is 1.45 bits per heavy atom. The number of carbonyl (C=O) groups is 4. The van der Waals surface area contributed by atoms with E-state index in [1.807, 2.05) is 75.8 Å². The SMILES string of the molecule is CCCCNc1ncc2c(-c3ccc(S(=O)(=O)N4CCN(C(=O)CCCCCCCCCCC(=O)N[C@H](C(=O)N5C[C@H](O)C[C@H]5C(=O)NCc5ccc(-c6scnc6C)cc5)C(C)(C)C)CC4)cc3)cn(C3CCC(O)CC3)c2n1. The second kappa shape index (κ2) is 27.8. The van der Waals surface area contributed by atoms with Gasteiger partial charge >= 0.3 is 0 Å². The second-order valence-electron chi connectivity index (χ2n) is 23.2. The summed E-state index contributed by atoms with van der Waals surface area (Å²) in [5.41, 5.74) is 6.73. The number of β-amino-alcohol motifs (C(OH)–C–C–N with tert-alkyl or cyclic N) is 1. The number of unbranched alkanes of at least 4 members (excludes halogenated alkanes) is 8. The zero-order chi connectivity index (χ0) is 57.0. The lowest BCUT2D eigenvalue weighted by molar-refractivity contribution is -0.144. The number of nitrogens with zero attached hydrogens (tertiary/aromatic N) is 7. The van der Waals surface area contributed by atoms with Gasteiger partial charge in [0.05, 0.1) is 33.2 Å². The number of rotatable bonds is 25. The number of thiazole rings is 1. The summed E-state index contributed by atoms with van der Waals surface area (Å²) in [6, 6.07) is 13.4. The van der Waals surface area contributed by atoms with Gasteiger partial charge in [0.1, 0.15) is 17.7 Å². The summed E-state index contributed by atoms with van der Waals surface area (Å²) in [5.74, 6) is -0.307. The fourth-order valence-electron chi connectivity index (χ4n) is 11.3. The maximum absolute atomic E-state index is 14.1. The Bertz CT molecular complexity index is 2980. The van der Waals surface area contributed by atoms with E-state index in [1.165, 1.54) is 9.21 Å².